The minimum Gasteiger partial charge on any atom is -0.484 e. The van der Waals surface area contributed by atoms with E-state index in [2.05, 4.69) is 0 Å². The molecule has 1 aliphatic heterocycles. The summed E-state index contributed by atoms with van der Waals surface area (Å²) in [5, 5.41) is 10.5. The average Bonchev–Trinajstić information content (AvgIpc) is 2.48. The van der Waals surface area contributed by atoms with Crippen molar-refractivity contribution in [1.29, 1.82) is 0 Å². The predicted octanol–water partition coefficient (Wildman–Crippen LogP) is 1.17. The summed E-state index contributed by atoms with van der Waals surface area (Å²) in [7, 11) is 0. The van der Waals surface area contributed by atoms with Crippen molar-refractivity contribution in [1.82, 2.24) is 0 Å². The first-order valence-electron chi connectivity index (χ1n) is 3.63. The van der Waals surface area contributed by atoms with E-state index in [9.17, 15) is 14.9 Å². The fraction of sp³-hybridized carbons (Fsp3) is 0.125. The standard InChI is InChI=1S/C8H5NO4/c10-6-4-13-7-3-1-2-5(8(6)7)9(11)12/h1-3H,4H2. The van der Waals surface area contributed by atoms with E-state index in [0.717, 1.165) is 0 Å². The second-order valence-electron chi connectivity index (χ2n) is 2.62. The maximum atomic E-state index is 11.2. The number of fused-ring (bicyclic) bond motifs is 1. The van der Waals surface area contributed by atoms with Crippen LogP contribution in [0.2, 0.25) is 0 Å². The van der Waals surface area contributed by atoms with Crippen molar-refractivity contribution in [3.63, 3.8) is 0 Å². The highest BCUT2D eigenvalue weighted by molar-refractivity contribution is 6.05. The Morgan fingerprint density at radius 3 is 2.92 bits per heavy atom. The van der Waals surface area contributed by atoms with Crippen molar-refractivity contribution >= 4 is 11.5 Å². The van der Waals surface area contributed by atoms with Crippen molar-refractivity contribution in [2.24, 2.45) is 0 Å². The molecule has 0 radical (unpaired) electrons. The molecule has 2 rings (SSSR count). The summed E-state index contributed by atoms with van der Waals surface area (Å²) >= 11 is 0. The number of benzene rings is 1. The van der Waals surface area contributed by atoms with E-state index >= 15 is 0 Å². The van der Waals surface area contributed by atoms with Crippen molar-refractivity contribution < 1.29 is 14.5 Å². The van der Waals surface area contributed by atoms with E-state index in [1.165, 1.54) is 12.1 Å². The molecule has 1 aromatic carbocycles. The zero-order chi connectivity index (χ0) is 9.42. The minimum absolute atomic E-state index is 0.0903. The molecule has 0 unspecified atom stereocenters. The molecule has 1 aromatic rings. The van der Waals surface area contributed by atoms with Crippen LogP contribution in [-0.2, 0) is 0 Å². The van der Waals surface area contributed by atoms with Crippen LogP contribution in [0.1, 0.15) is 10.4 Å². The van der Waals surface area contributed by atoms with Crippen LogP contribution >= 0.6 is 0 Å². The smallest absolute Gasteiger partial charge is 0.284 e. The molecular weight excluding hydrogens is 174 g/mol. The summed E-state index contributed by atoms with van der Waals surface area (Å²) in [5.74, 6) is -0.0264. The van der Waals surface area contributed by atoms with E-state index in [0.29, 0.717) is 5.75 Å². The Hall–Kier alpha value is -1.91. The van der Waals surface area contributed by atoms with Crippen molar-refractivity contribution in [3.05, 3.63) is 33.9 Å². The Bertz CT molecular complexity index is 399. The van der Waals surface area contributed by atoms with Gasteiger partial charge in [0, 0.05) is 6.07 Å². The van der Waals surface area contributed by atoms with Gasteiger partial charge in [-0.1, -0.05) is 6.07 Å². The molecule has 1 heterocycles. The van der Waals surface area contributed by atoms with Crippen LogP contribution in [0.3, 0.4) is 0 Å². The topological polar surface area (TPSA) is 69.4 Å². The fourth-order valence-corrected chi connectivity index (χ4v) is 1.29. The number of ether oxygens (including phenoxy) is 1. The van der Waals surface area contributed by atoms with E-state index in [1.807, 2.05) is 0 Å². The molecular formula is C8H5NO4. The maximum absolute atomic E-state index is 11.2. The molecule has 0 atom stereocenters. The number of carbonyl (C=O) groups excluding carboxylic acids is 1. The van der Waals surface area contributed by atoms with Gasteiger partial charge >= 0.3 is 0 Å². The number of carbonyl (C=O) groups is 1. The number of Topliss-reactive ketones (excluding diaryl/α,β-unsaturated/α-hetero) is 1. The number of hydrogen-bond acceptors (Lipinski definition) is 4. The van der Waals surface area contributed by atoms with Gasteiger partial charge in [-0.25, -0.2) is 0 Å². The van der Waals surface area contributed by atoms with Gasteiger partial charge in [-0.3, -0.25) is 14.9 Å². The SMILES string of the molecule is O=C1COc2cccc([N+](=O)[O-])c21. The van der Waals surface area contributed by atoms with Crippen LogP contribution in [0.4, 0.5) is 5.69 Å². The first-order chi connectivity index (χ1) is 6.20. The summed E-state index contributed by atoms with van der Waals surface area (Å²) in [6.07, 6.45) is 0. The lowest BCUT2D eigenvalue weighted by atomic mass is 10.1. The van der Waals surface area contributed by atoms with Crippen LogP contribution in [0.5, 0.6) is 5.75 Å². The molecule has 0 amide bonds. The largest absolute Gasteiger partial charge is 0.484 e. The van der Waals surface area contributed by atoms with Gasteiger partial charge in [-0.15, -0.1) is 0 Å². The highest BCUT2D eigenvalue weighted by Crippen LogP contribution is 2.32. The third kappa shape index (κ3) is 1.05. The van der Waals surface area contributed by atoms with Gasteiger partial charge in [0.2, 0.25) is 5.78 Å². The molecule has 1 aliphatic rings. The molecule has 0 spiro atoms. The predicted molar refractivity (Wildman–Crippen MR) is 42.9 cm³/mol. The highest BCUT2D eigenvalue weighted by Gasteiger charge is 2.29. The number of hydrogen-bond donors (Lipinski definition) is 0. The minimum atomic E-state index is -0.578. The van der Waals surface area contributed by atoms with Crippen LogP contribution in [0, 0.1) is 10.1 Å². The molecule has 66 valence electrons. The van der Waals surface area contributed by atoms with Gasteiger partial charge in [-0.05, 0) is 6.07 Å². The lowest BCUT2D eigenvalue weighted by molar-refractivity contribution is -0.385. The molecule has 5 nitrogen and oxygen atoms in total. The maximum Gasteiger partial charge on any atom is 0.284 e. The Kier molecular flexibility index (Phi) is 1.51. The van der Waals surface area contributed by atoms with Gasteiger partial charge in [0.1, 0.15) is 11.3 Å². The van der Waals surface area contributed by atoms with Gasteiger partial charge < -0.3 is 4.74 Å². The molecule has 0 aliphatic carbocycles. The molecule has 0 fully saturated rings. The number of nitrogens with zero attached hydrogens (tertiary/aromatic N) is 1. The van der Waals surface area contributed by atoms with Crippen molar-refractivity contribution in [2.75, 3.05) is 6.61 Å². The van der Waals surface area contributed by atoms with E-state index in [4.69, 9.17) is 4.74 Å². The number of ketones is 1. The highest BCUT2D eigenvalue weighted by atomic mass is 16.6. The van der Waals surface area contributed by atoms with Gasteiger partial charge in [0.15, 0.2) is 6.61 Å². The monoisotopic (exact) mass is 179 g/mol. The lowest BCUT2D eigenvalue weighted by Gasteiger charge is -1.96. The van der Waals surface area contributed by atoms with E-state index < -0.39 is 4.92 Å². The lowest BCUT2D eigenvalue weighted by Crippen LogP contribution is -2.02. The summed E-state index contributed by atoms with van der Waals surface area (Å²) in [5.41, 5.74) is -0.0903. The van der Waals surface area contributed by atoms with Crippen molar-refractivity contribution in [2.45, 2.75) is 0 Å². The normalized spacial score (nSPS) is 13.7. The van der Waals surface area contributed by atoms with Gasteiger partial charge in [0.25, 0.3) is 5.69 Å². The molecule has 0 saturated heterocycles. The summed E-state index contributed by atoms with van der Waals surface area (Å²) in [6, 6.07) is 4.34. The van der Waals surface area contributed by atoms with Crippen LogP contribution in [-0.4, -0.2) is 17.3 Å². The van der Waals surface area contributed by atoms with Gasteiger partial charge in [-0.2, -0.15) is 0 Å². The van der Waals surface area contributed by atoms with Crippen LogP contribution in [0.25, 0.3) is 0 Å². The van der Waals surface area contributed by atoms with Gasteiger partial charge in [0.05, 0.1) is 4.92 Å². The molecule has 13 heavy (non-hydrogen) atoms. The molecule has 5 heteroatoms. The zero-order valence-electron chi connectivity index (χ0n) is 6.52. The third-order valence-electron chi connectivity index (χ3n) is 1.84. The third-order valence-corrected chi connectivity index (χ3v) is 1.84. The molecule has 0 aromatic heterocycles. The average molecular weight is 179 g/mol. The second-order valence-corrected chi connectivity index (χ2v) is 2.62. The van der Waals surface area contributed by atoms with Crippen LogP contribution < -0.4 is 4.74 Å². The Morgan fingerprint density at radius 1 is 1.46 bits per heavy atom. The summed E-state index contributed by atoms with van der Waals surface area (Å²) in [4.78, 5) is 21.1. The molecule has 0 bridgehead atoms. The Labute approximate surface area is 73.1 Å². The fourth-order valence-electron chi connectivity index (χ4n) is 1.29. The summed E-state index contributed by atoms with van der Waals surface area (Å²) < 4.78 is 4.95. The second kappa shape index (κ2) is 2.55. The molecule has 0 saturated carbocycles. The Balaban J connectivity index is 2.66. The van der Waals surface area contributed by atoms with Crippen molar-refractivity contribution in [3.8, 4) is 5.75 Å². The Morgan fingerprint density at radius 2 is 2.23 bits per heavy atom. The number of nitro benzene ring substituents is 1. The van der Waals surface area contributed by atoms with E-state index in [1.54, 1.807) is 6.07 Å². The van der Waals surface area contributed by atoms with E-state index in [-0.39, 0.29) is 23.6 Å². The first-order valence-corrected chi connectivity index (χ1v) is 3.63. The number of rotatable bonds is 1. The zero-order valence-corrected chi connectivity index (χ0v) is 6.52. The first kappa shape index (κ1) is 7.72. The molecule has 0 N–H and O–H groups in total. The van der Waals surface area contributed by atoms with Crippen LogP contribution in [0.15, 0.2) is 18.2 Å². The number of nitro groups is 1. The summed E-state index contributed by atoms with van der Waals surface area (Å²) in [6.45, 7) is -0.0970. The quantitative estimate of drug-likeness (QED) is 0.479.